The summed E-state index contributed by atoms with van der Waals surface area (Å²) in [5, 5.41) is 10.2. The first-order valence-corrected chi connectivity index (χ1v) is 8.38. The Bertz CT molecular complexity index is 763. The fourth-order valence-electron chi connectivity index (χ4n) is 2.89. The molecular formula is C18H23FN6. The average Bonchev–Trinajstić information content (AvgIpc) is 3.12. The lowest BCUT2D eigenvalue weighted by atomic mass is 10.1. The highest BCUT2D eigenvalue weighted by molar-refractivity contribution is 5.98. The van der Waals surface area contributed by atoms with Crippen LogP contribution in [0, 0.1) is 5.82 Å². The van der Waals surface area contributed by atoms with Gasteiger partial charge in [0.2, 0.25) is 0 Å². The smallest absolute Gasteiger partial charge is 0.141 e. The minimum Gasteiger partial charge on any atom is -0.370 e. The van der Waals surface area contributed by atoms with Gasteiger partial charge in [0, 0.05) is 24.0 Å². The van der Waals surface area contributed by atoms with E-state index in [0.717, 1.165) is 35.8 Å². The predicted octanol–water partition coefficient (Wildman–Crippen LogP) is 2.80. The lowest BCUT2D eigenvalue weighted by molar-refractivity contribution is 0.269. The molecule has 1 aliphatic rings. The third-order valence-corrected chi connectivity index (χ3v) is 4.62. The molecule has 0 fully saturated rings. The van der Waals surface area contributed by atoms with Gasteiger partial charge in [0.15, 0.2) is 0 Å². The van der Waals surface area contributed by atoms with E-state index in [1.807, 2.05) is 12.4 Å². The lowest BCUT2D eigenvalue weighted by Crippen LogP contribution is -2.37. The summed E-state index contributed by atoms with van der Waals surface area (Å²) in [7, 11) is 0. The van der Waals surface area contributed by atoms with Crippen LogP contribution >= 0.6 is 0 Å². The van der Waals surface area contributed by atoms with E-state index in [-0.39, 0.29) is 11.9 Å². The van der Waals surface area contributed by atoms with Crippen LogP contribution in [0.3, 0.4) is 0 Å². The molecule has 0 bridgehead atoms. The highest BCUT2D eigenvalue weighted by Crippen LogP contribution is 2.27. The number of aromatic amines is 1. The lowest BCUT2D eigenvalue weighted by Gasteiger charge is -2.34. The first-order chi connectivity index (χ1) is 12.1. The number of rotatable bonds is 5. The van der Waals surface area contributed by atoms with E-state index < -0.39 is 0 Å². The molecular weight excluding hydrogens is 319 g/mol. The van der Waals surface area contributed by atoms with Crippen LogP contribution in [-0.4, -0.2) is 39.1 Å². The Labute approximate surface area is 146 Å². The number of pyridine rings is 1. The number of hydrogen-bond acceptors (Lipinski definition) is 5. The van der Waals surface area contributed by atoms with Crippen molar-refractivity contribution in [2.45, 2.75) is 33.2 Å². The van der Waals surface area contributed by atoms with Gasteiger partial charge in [0.25, 0.3) is 0 Å². The molecule has 6 nitrogen and oxygen atoms in total. The van der Waals surface area contributed by atoms with Gasteiger partial charge < -0.3 is 10.2 Å². The molecule has 0 saturated heterocycles. The zero-order valence-corrected chi connectivity index (χ0v) is 14.8. The molecule has 3 rings (SSSR count). The Morgan fingerprint density at radius 2 is 2.16 bits per heavy atom. The largest absolute Gasteiger partial charge is 0.370 e. The number of aromatic nitrogens is 3. The maximum atomic E-state index is 13.1. The van der Waals surface area contributed by atoms with Gasteiger partial charge in [-0.05, 0) is 44.9 Å². The van der Waals surface area contributed by atoms with Crippen molar-refractivity contribution >= 4 is 5.84 Å². The molecule has 0 spiro atoms. The molecule has 1 unspecified atom stereocenters. The maximum absolute atomic E-state index is 13.1. The summed E-state index contributed by atoms with van der Waals surface area (Å²) >= 11 is 0. The topological polar surface area (TPSA) is 69.2 Å². The summed E-state index contributed by atoms with van der Waals surface area (Å²) in [5.41, 5.74) is 4.27. The van der Waals surface area contributed by atoms with Crippen LogP contribution < -0.4 is 5.32 Å². The van der Waals surface area contributed by atoms with E-state index in [9.17, 15) is 4.39 Å². The number of nitrogens with zero attached hydrogens (tertiary/aromatic N) is 4. The van der Waals surface area contributed by atoms with E-state index in [0.29, 0.717) is 6.67 Å². The molecule has 25 heavy (non-hydrogen) atoms. The molecule has 7 heteroatoms. The van der Waals surface area contributed by atoms with Gasteiger partial charge in [-0.15, -0.1) is 0 Å². The van der Waals surface area contributed by atoms with Crippen LogP contribution in [0.2, 0.25) is 0 Å². The third kappa shape index (κ3) is 3.87. The number of hydrogen-bond donors (Lipinski definition) is 2. The van der Waals surface area contributed by atoms with Gasteiger partial charge in [-0.25, -0.2) is 9.38 Å². The molecule has 2 aromatic heterocycles. The Hall–Kier alpha value is -2.70. The van der Waals surface area contributed by atoms with Crippen LogP contribution in [0.4, 0.5) is 4.39 Å². The molecule has 0 saturated carbocycles. The molecule has 2 aromatic rings. The second-order valence-electron chi connectivity index (χ2n) is 6.19. The normalized spacial score (nSPS) is 16.0. The molecule has 1 atom stereocenters. The molecule has 1 aliphatic heterocycles. The molecule has 3 heterocycles. The van der Waals surface area contributed by atoms with E-state index in [1.165, 1.54) is 17.8 Å². The summed E-state index contributed by atoms with van der Waals surface area (Å²) in [6.07, 6.45) is 5.88. The second-order valence-corrected chi connectivity index (χ2v) is 6.19. The second kappa shape index (κ2) is 7.46. The molecule has 2 N–H and O–H groups in total. The van der Waals surface area contributed by atoms with Crippen LogP contribution in [-0.2, 0) is 6.42 Å². The van der Waals surface area contributed by atoms with Gasteiger partial charge in [-0.1, -0.05) is 0 Å². The van der Waals surface area contributed by atoms with Gasteiger partial charge in [-0.3, -0.25) is 10.1 Å². The van der Waals surface area contributed by atoms with Crippen molar-refractivity contribution in [3.05, 3.63) is 59.1 Å². The van der Waals surface area contributed by atoms with Crippen molar-refractivity contribution in [2.75, 3.05) is 13.2 Å². The summed E-state index contributed by atoms with van der Waals surface area (Å²) in [5.74, 6) is 0.608. The number of allylic oxidation sites excluding steroid dienone is 1. The van der Waals surface area contributed by atoms with E-state index in [4.69, 9.17) is 0 Å². The summed E-state index contributed by atoms with van der Waals surface area (Å²) in [6, 6.07) is 3.21. The number of nitrogens with one attached hydrogen (secondary N) is 2. The van der Waals surface area contributed by atoms with E-state index in [2.05, 4.69) is 51.2 Å². The molecule has 0 aromatic carbocycles. The summed E-state index contributed by atoms with van der Waals surface area (Å²) in [6.45, 7) is 7.57. The minimum atomic E-state index is -0.319. The summed E-state index contributed by atoms with van der Waals surface area (Å²) < 4.78 is 13.1. The van der Waals surface area contributed by atoms with Crippen LogP contribution in [0.25, 0.3) is 0 Å². The zero-order valence-electron chi connectivity index (χ0n) is 14.8. The quantitative estimate of drug-likeness (QED) is 0.877. The van der Waals surface area contributed by atoms with E-state index in [1.54, 1.807) is 6.07 Å². The van der Waals surface area contributed by atoms with Crippen molar-refractivity contribution in [1.82, 2.24) is 25.4 Å². The Morgan fingerprint density at radius 1 is 1.32 bits per heavy atom. The van der Waals surface area contributed by atoms with Crippen molar-refractivity contribution in [1.29, 1.82) is 0 Å². The zero-order chi connectivity index (χ0) is 17.8. The molecule has 132 valence electrons. The summed E-state index contributed by atoms with van der Waals surface area (Å²) in [4.78, 5) is 11.0. The van der Waals surface area contributed by atoms with Crippen molar-refractivity contribution in [2.24, 2.45) is 4.99 Å². The Balaban J connectivity index is 1.64. The molecule has 0 radical (unpaired) electrons. The number of H-pyrrole nitrogens is 1. The first-order valence-electron chi connectivity index (χ1n) is 8.38. The highest BCUT2D eigenvalue weighted by atomic mass is 19.1. The van der Waals surface area contributed by atoms with Crippen LogP contribution in [0.15, 0.2) is 47.0 Å². The van der Waals surface area contributed by atoms with Gasteiger partial charge in [0.05, 0.1) is 24.1 Å². The van der Waals surface area contributed by atoms with E-state index >= 15 is 0 Å². The minimum absolute atomic E-state index is 0.0341. The average molecular weight is 342 g/mol. The first kappa shape index (κ1) is 17.1. The number of halogens is 1. The molecule has 0 aliphatic carbocycles. The maximum Gasteiger partial charge on any atom is 0.141 e. The predicted molar refractivity (Wildman–Crippen MR) is 95.4 cm³/mol. The van der Waals surface area contributed by atoms with Gasteiger partial charge in [-0.2, -0.15) is 5.10 Å². The Morgan fingerprint density at radius 3 is 2.84 bits per heavy atom. The number of aliphatic imine (C=N–C) groups is 1. The number of amidine groups is 1. The SMILES string of the molecule is CC1=C(C)N(C(C)c2ccc(F)cn2)CN=C1NCCc1cn[nH]c1. The molecule has 0 amide bonds. The van der Waals surface area contributed by atoms with Crippen molar-refractivity contribution < 1.29 is 4.39 Å². The Kier molecular flexibility index (Phi) is 5.11. The fourth-order valence-corrected chi connectivity index (χ4v) is 2.89. The van der Waals surface area contributed by atoms with Crippen LogP contribution in [0.5, 0.6) is 0 Å². The highest BCUT2D eigenvalue weighted by Gasteiger charge is 2.23. The van der Waals surface area contributed by atoms with Gasteiger partial charge >= 0.3 is 0 Å². The van der Waals surface area contributed by atoms with Crippen molar-refractivity contribution in [3.8, 4) is 0 Å². The monoisotopic (exact) mass is 342 g/mol. The standard InChI is InChI=1S/C18H23FN6/c1-12-13(2)25(14(3)17-5-4-16(19)10-21-17)11-22-18(12)20-7-6-15-8-23-24-9-15/h4-5,8-10,14H,6-7,11H2,1-3H3,(H,20,22)(H,23,24). The fraction of sp³-hybridized carbons (Fsp3) is 0.389. The van der Waals surface area contributed by atoms with Gasteiger partial charge in [0.1, 0.15) is 18.3 Å². The van der Waals surface area contributed by atoms with Crippen LogP contribution in [0.1, 0.15) is 38.1 Å². The van der Waals surface area contributed by atoms with Crippen molar-refractivity contribution in [3.63, 3.8) is 0 Å². The third-order valence-electron chi connectivity index (χ3n) is 4.62.